The molecule has 0 spiro atoms. The molecule has 0 amide bonds. The summed E-state index contributed by atoms with van der Waals surface area (Å²) in [6, 6.07) is 0. The maximum absolute atomic E-state index is 13.1. The van der Waals surface area contributed by atoms with Crippen LogP contribution in [0.1, 0.15) is 108 Å². The molecule has 1 heterocycles. The second-order valence-corrected chi connectivity index (χ2v) is 15.1. The molecule has 0 saturated carbocycles. The van der Waals surface area contributed by atoms with E-state index in [1.807, 2.05) is 27.7 Å². The van der Waals surface area contributed by atoms with E-state index in [2.05, 4.69) is 0 Å². The fraction of sp³-hybridized carbons (Fsp3) is 0.714. The number of hydrogen-bond donors (Lipinski definition) is 4. The Labute approximate surface area is 312 Å². The summed E-state index contributed by atoms with van der Waals surface area (Å²) < 4.78 is 11.9. The predicted molar refractivity (Wildman–Crippen MR) is 203 cm³/mol. The summed E-state index contributed by atoms with van der Waals surface area (Å²) in [4.78, 5) is 52.1. The number of cyclic esters (lactones) is 2. The fourth-order valence-corrected chi connectivity index (χ4v) is 6.85. The van der Waals surface area contributed by atoms with Crippen LogP contribution in [0.2, 0.25) is 0 Å². The number of ketones is 2. The van der Waals surface area contributed by atoms with Crippen molar-refractivity contribution in [3.05, 3.63) is 48.6 Å². The zero-order chi connectivity index (χ0) is 39.7. The second kappa shape index (κ2) is 23.7. The zero-order valence-electron chi connectivity index (χ0n) is 33.2. The average Bonchev–Trinajstić information content (AvgIpc) is 3.10. The Morgan fingerprint density at radius 3 is 1.69 bits per heavy atom. The molecule has 4 N–H and O–H groups in total. The second-order valence-electron chi connectivity index (χ2n) is 15.1. The Bertz CT molecular complexity index is 1230. The highest BCUT2D eigenvalue weighted by Crippen LogP contribution is 2.30. The molecule has 52 heavy (non-hydrogen) atoms. The average molecular weight is 733 g/mol. The number of allylic oxidation sites excluding steroid dienone is 4. The van der Waals surface area contributed by atoms with Gasteiger partial charge in [0.2, 0.25) is 0 Å². The lowest BCUT2D eigenvalue weighted by molar-refractivity contribution is -0.157. The van der Waals surface area contributed by atoms with E-state index < -0.39 is 72.2 Å². The lowest BCUT2D eigenvalue weighted by Crippen LogP contribution is -2.42. The van der Waals surface area contributed by atoms with Crippen LogP contribution in [0.25, 0.3) is 0 Å². The van der Waals surface area contributed by atoms with Crippen LogP contribution in [-0.2, 0) is 28.7 Å². The quantitative estimate of drug-likeness (QED) is 0.108. The Morgan fingerprint density at radius 1 is 0.750 bits per heavy atom. The summed E-state index contributed by atoms with van der Waals surface area (Å²) >= 11 is 0. The van der Waals surface area contributed by atoms with E-state index in [0.29, 0.717) is 32.1 Å². The first kappa shape index (κ1) is 47.1. The normalized spacial score (nSPS) is 28.3. The van der Waals surface area contributed by atoms with Crippen molar-refractivity contribution in [2.24, 2.45) is 47.3 Å². The van der Waals surface area contributed by atoms with Crippen LogP contribution in [0.5, 0.6) is 0 Å². The molecule has 14 atom stereocenters. The van der Waals surface area contributed by atoms with Crippen LogP contribution in [0.4, 0.5) is 0 Å². The molecule has 10 heteroatoms. The Morgan fingerprint density at radius 2 is 1.23 bits per heavy atom. The lowest BCUT2D eigenvalue weighted by atomic mass is 9.81. The number of esters is 2. The van der Waals surface area contributed by atoms with Crippen LogP contribution in [-0.4, -0.2) is 80.6 Å². The van der Waals surface area contributed by atoms with Gasteiger partial charge in [-0.15, -0.1) is 0 Å². The molecular weight excluding hydrogens is 664 g/mol. The minimum absolute atomic E-state index is 0.128. The molecule has 10 nitrogen and oxygen atoms in total. The number of aliphatic hydroxyl groups is 4. The summed E-state index contributed by atoms with van der Waals surface area (Å²) in [5.74, 6) is -5.27. The third-order valence-corrected chi connectivity index (χ3v) is 10.9. The van der Waals surface area contributed by atoms with Gasteiger partial charge in [0.05, 0.1) is 24.4 Å². The number of hydrogen-bond acceptors (Lipinski definition) is 10. The van der Waals surface area contributed by atoms with Gasteiger partial charge >= 0.3 is 11.9 Å². The molecule has 14 unspecified atom stereocenters. The van der Waals surface area contributed by atoms with Gasteiger partial charge in [-0.25, -0.2) is 4.79 Å². The van der Waals surface area contributed by atoms with Crippen LogP contribution in [0.15, 0.2) is 48.6 Å². The zero-order valence-corrected chi connectivity index (χ0v) is 33.2. The van der Waals surface area contributed by atoms with Gasteiger partial charge in [0, 0.05) is 53.9 Å². The maximum atomic E-state index is 13.1. The lowest BCUT2D eigenvalue weighted by Gasteiger charge is -2.34. The molecule has 1 aliphatic rings. The van der Waals surface area contributed by atoms with Gasteiger partial charge in [0.15, 0.2) is 11.6 Å². The Hall–Kier alpha value is -2.92. The molecule has 1 aliphatic heterocycles. The first-order chi connectivity index (χ1) is 24.4. The predicted octanol–water partition coefficient (Wildman–Crippen LogP) is 6.10. The van der Waals surface area contributed by atoms with E-state index >= 15 is 0 Å². The van der Waals surface area contributed by atoms with E-state index in [4.69, 9.17) is 9.47 Å². The van der Waals surface area contributed by atoms with Crippen molar-refractivity contribution in [3.63, 3.8) is 0 Å². The topological polar surface area (TPSA) is 168 Å². The Balaban J connectivity index is 3.19. The highest BCUT2D eigenvalue weighted by molar-refractivity contribution is 5.92. The van der Waals surface area contributed by atoms with Crippen LogP contribution in [0, 0.1) is 47.3 Å². The van der Waals surface area contributed by atoms with Crippen molar-refractivity contribution in [1.29, 1.82) is 0 Å². The first-order valence-corrected chi connectivity index (χ1v) is 19.3. The van der Waals surface area contributed by atoms with Crippen LogP contribution in [0.3, 0.4) is 0 Å². The monoisotopic (exact) mass is 732 g/mol. The summed E-state index contributed by atoms with van der Waals surface area (Å²) in [6.45, 7) is 17.7. The van der Waals surface area contributed by atoms with Gasteiger partial charge in [-0.1, -0.05) is 92.2 Å². The van der Waals surface area contributed by atoms with Gasteiger partial charge in [-0.3, -0.25) is 14.4 Å². The molecule has 0 aromatic heterocycles. The third-order valence-electron chi connectivity index (χ3n) is 10.9. The molecule has 0 saturated heterocycles. The molecule has 0 radical (unpaired) electrons. The standard InChI is InChI=1S/C42H68O10/c1-11-33(31(9)43)21-23-35(45)27(5)39(49)29(7)41-25(3)17-13-15-20-38(48)52-42(26(4)18-14-16-19-37(47)51-41)30(8)40(50)28(6)36(46)24-22-34(12-2)32(10)44/h13,15,17,20-34,39-44,49-50H,11-12,14,16,18-19H2,1-10H3/b17-13-,20-15+,23-21+,24-22+. The SMILES string of the molecule is CCC(/C=C/C(=O)C(C)C(O)C(C)C1OC(=O)CCCCC(C)C(C(C)C(O)C(C)C(=O)/C=C/C(CC)C(C)O)OC(=O)/C=C/C=C\C1C)C(C)O. The summed E-state index contributed by atoms with van der Waals surface area (Å²) in [5.41, 5.74) is 0. The summed E-state index contributed by atoms with van der Waals surface area (Å²) in [7, 11) is 0. The Kier molecular flexibility index (Phi) is 21.5. The van der Waals surface area contributed by atoms with Crippen LogP contribution >= 0.6 is 0 Å². The molecular formula is C42H68O10. The first-order valence-electron chi connectivity index (χ1n) is 19.3. The minimum Gasteiger partial charge on any atom is -0.461 e. The fourth-order valence-electron chi connectivity index (χ4n) is 6.85. The number of carbonyl (C=O) groups excluding carboxylic acids is 4. The van der Waals surface area contributed by atoms with E-state index in [1.165, 1.54) is 24.3 Å². The van der Waals surface area contributed by atoms with E-state index in [1.54, 1.807) is 65.8 Å². The smallest absolute Gasteiger partial charge is 0.331 e. The van der Waals surface area contributed by atoms with Crippen molar-refractivity contribution in [1.82, 2.24) is 0 Å². The van der Waals surface area contributed by atoms with Gasteiger partial charge in [-0.05, 0) is 57.6 Å². The van der Waals surface area contributed by atoms with Crippen molar-refractivity contribution in [2.75, 3.05) is 0 Å². The molecule has 0 aromatic carbocycles. The van der Waals surface area contributed by atoms with Crippen molar-refractivity contribution in [3.8, 4) is 0 Å². The number of aliphatic hydroxyl groups excluding tert-OH is 4. The number of carbonyl (C=O) groups is 4. The van der Waals surface area contributed by atoms with Gasteiger partial charge in [-0.2, -0.15) is 0 Å². The van der Waals surface area contributed by atoms with E-state index in [-0.39, 0.29) is 41.7 Å². The van der Waals surface area contributed by atoms with Gasteiger partial charge in [0.25, 0.3) is 0 Å². The largest absolute Gasteiger partial charge is 0.461 e. The van der Waals surface area contributed by atoms with Gasteiger partial charge in [0.1, 0.15) is 12.2 Å². The number of ether oxygens (including phenoxy) is 2. The molecule has 0 fully saturated rings. The third kappa shape index (κ3) is 15.2. The van der Waals surface area contributed by atoms with Crippen molar-refractivity contribution in [2.45, 2.75) is 144 Å². The summed E-state index contributed by atoms with van der Waals surface area (Å²) in [6.07, 6.45) is 10.6. The minimum atomic E-state index is -1.12. The van der Waals surface area contributed by atoms with Crippen molar-refractivity contribution < 1.29 is 49.1 Å². The number of rotatable bonds is 16. The maximum Gasteiger partial charge on any atom is 0.331 e. The molecule has 0 aliphatic carbocycles. The summed E-state index contributed by atoms with van der Waals surface area (Å²) in [5, 5.41) is 42.4. The molecule has 0 bridgehead atoms. The molecule has 1 rings (SSSR count). The van der Waals surface area contributed by atoms with Gasteiger partial charge < -0.3 is 29.9 Å². The highest BCUT2D eigenvalue weighted by atomic mass is 16.5. The molecule has 296 valence electrons. The van der Waals surface area contributed by atoms with Crippen molar-refractivity contribution >= 4 is 23.5 Å². The van der Waals surface area contributed by atoms with E-state index in [9.17, 15) is 39.6 Å². The van der Waals surface area contributed by atoms with E-state index in [0.717, 1.165) is 0 Å². The van der Waals surface area contributed by atoms with Crippen LogP contribution < -0.4 is 0 Å². The highest BCUT2D eigenvalue weighted by Gasteiger charge is 2.37. The molecule has 0 aromatic rings.